The van der Waals surface area contributed by atoms with Crippen molar-refractivity contribution >= 4 is 23.9 Å². The van der Waals surface area contributed by atoms with E-state index in [0.29, 0.717) is 10.5 Å². The maximum absolute atomic E-state index is 10.8. The van der Waals surface area contributed by atoms with Crippen molar-refractivity contribution in [3.05, 3.63) is 0 Å². The lowest BCUT2D eigenvalue weighted by atomic mass is 10.7. The Morgan fingerprint density at radius 3 is 0.955 bits per heavy atom. The summed E-state index contributed by atoms with van der Waals surface area (Å²) in [5.41, 5.74) is 0. The molecule has 12 nitrogen and oxygen atoms in total. The van der Waals surface area contributed by atoms with Crippen molar-refractivity contribution in [3.8, 4) is 0 Å². The van der Waals surface area contributed by atoms with E-state index in [1.807, 2.05) is 0 Å². The van der Waals surface area contributed by atoms with Gasteiger partial charge in [-0.2, -0.15) is 0 Å². The molecule has 0 rings (SSSR count). The first-order chi connectivity index (χ1) is 9.20. The summed E-state index contributed by atoms with van der Waals surface area (Å²) in [6.45, 7) is 3.97. The standard InChI is InChI=1S/C10H16N2O8.H3N.H2O/c1-7(13)17-11(18-8(2)14)5-6-12(19-9(3)15)20-10(4)16;;/h5-6H2,1-4H3;1H3;1H2. The third-order valence-electron chi connectivity index (χ3n) is 1.39. The van der Waals surface area contributed by atoms with Gasteiger partial charge in [-0.25, -0.2) is 0 Å². The molecule has 0 aromatic rings. The van der Waals surface area contributed by atoms with Crippen molar-refractivity contribution in [2.24, 2.45) is 0 Å². The molecule has 0 radical (unpaired) electrons. The normalized spacial score (nSPS) is 9.18. The van der Waals surface area contributed by atoms with Crippen molar-refractivity contribution in [3.63, 3.8) is 0 Å². The maximum Gasteiger partial charge on any atom is 0.326 e. The molecule has 0 aromatic heterocycles. The molecule has 5 N–H and O–H groups in total. The van der Waals surface area contributed by atoms with Gasteiger partial charge in [0.05, 0.1) is 13.1 Å². The fraction of sp³-hybridized carbons (Fsp3) is 0.600. The lowest BCUT2D eigenvalue weighted by molar-refractivity contribution is -0.354. The summed E-state index contributed by atoms with van der Waals surface area (Å²) in [5, 5.41) is 1.15. The Kier molecular flexibility index (Phi) is 14.0. The van der Waals surface area contributed by atoms with E-state index in [1.54, 1.807) is 0 Å². The third kappa shape index (κ3) is 14.1. The van der Waals surface area contributed by atoms with Gasteiger partial charge in [0.25, 0.3) is 0 Å². The molecular formula is C10H21N3O9. The van der Waals surface area contributed by atoms with Crippen molar-refractivity contribution < 1.29 is 44.0 Å². The molecule has 130 valence electrons. The summed E-state index contributed by atoms with van der Waals surface area (Å²) in [6, 6.07) is 0. The number of carbonyl (C=O) groups is 4. The summed E-state index contributed by atoms with van der Waals surface area (Å²) in [5.74, 6) is -2.90. The molecule has 0 saturated heterocycles. The van der Waals surface area contributed by atoms with E-state index in [2.05, 4.69) is 19.4 Å². The molecule has 0 bridgehead atoms. The molecule has 0 atom stereocenters. The highest BCUT2D eigenvalue weighted by Crippen LogP contribution is 1.99. The van der Waals surface area contributed by atoms with Gasteiger partial charge in [0.2, 0.25) is 0 Å². The van der Waals surface area contributed by atoms with Crippen LogP contribution in [0.5, 0.6) is 0 Å². The lowest BCUT2D eigenvalue weighted by Crippen LogP contribution is -2.38. The lowest BCUT2D eigenvalue weighted by Gasteiger charge is -2.22. The van der Waals surface area contributed by atoms with Gasteiger partial charge < -0.3 is 31.0 Å². The largest absolute Gasteiger partial charge is 0.412 e. The van der Waals surface area contributed by atoms with E-state index in [0.717, 1.165) is 27.7 Å². The van der Waals surface area contributed by atoms with Crippen LogP contribution in [0.2, 0.25) is 0 Å². The number of hydrogen-bond acceptors (Lipinski definition) is 11. The molecule has 0 fully saturated rings. The highest BCUT2D eigenvalue weighted by Gasteiger charge is 2.18. The van der Waals surface area contributed by atoms with E-state index in [9.17, 15) is 19.2 Å². The first-order valence-corrected chi connectivity index (χ1v) is 5.50. The zero-order valence-electron chi connectivity index (χ0n) is 12.8. The Balaban J connectivity index is -0.00000180. The molecule has 0 heterocycles. The van der Waals surface area contributed by atoms with Crippen LogP contribution in [0.3, 0.4) is 0 Å². The van der Waals surface area contributed by atoms with Gasteiger partial charge in [-0.05, 0) is 0 Å². The molecule has 12 heteroatoms. The van der Waals surface area contributed by atoms with Crippen LogP contribution in [-0.4, -0.2) is 52.9 Å². The van der Waals surface area contributed by atoms with E-state index in [4.69, 9.17) is 0 Å². The van der Waals surface area contributed by atoms with Crippen LogP contribution in [0.15, 0.2) is 0 Å². The third-order valence-corrected chi connectivity index (χ3v) is 1.39. The quantitative estimate of drug-likeness (QED) is 0.557. The van der Waals surface area contributed by atoms with Gasteiger partial charge in [0.15, 0.2) is 0 Å². The molecule has 0 saturated carbocycles. The molecule has 0 aliphatic carbocycles. The topological polar surface area (TPSA) is 178 Å². The molecule has 22 heavy (non-hydrogen) atoms. The average molecular weight is 327 g/mol. The van der Waals surface area contributed by atoms with Crippen molar-refractivity contribution in [2.45, 2.75) is 27.7 Å². The van der Waals surface area contributed by atoms with E-state index >= 15 is 0 Å². The first-order valence-electron chi connectivity index (χ1n) is 5.50. The highest BCUT2D eigenvalue weighted by molar-refractivity contribution is 5.67. The van der Waals surface area contributed by atoms with Crippen LogP contribution < -0.4 is 6.15 Å². The summed E-state index contributed by atoms with van der Waals surface area (Å²) in [7, 11) is 0. The molecule has 0 amide bonds. The van der Waals surface area contributed by atoms with E-state index < -0.39 is 23.9 Å². The first kappa shape index (κ1) is 24.7. The predicted molar refractivity (Wildman–Crippen MR) is 69.1 cm³/mol. The molecule has 0 aliphatic rings. The van der Waals surface area contributed by atoms with Crippen LogP contribution in [0, 0.1) is 0 Å². The molecule has 0 spiro atoms. The fourth-order valence-corrected chi connectivity index (χ4v) is 0.957. The summed E-state index contributed by atoms with van der Waals surface area (Å²) in [6.07, 6.45) is 0. The van der Waals surface area contributed by atoms with Gasteiger partial charge in [0.1, 0.15) is 0 Å². The van der Waals surface area contributed by atoms with E-state index in [-0.39, 0.29) is 24.7 Å². The van der Waals surface area contributed by atoms with Crippen molar-refractivity contribution in [1.29, 1.82) is 0 Å². The van der Waals surface area contributed by atoms with Crippen molar-refractivity contribution in [2.75, 3.05) is 13.1 Å². The molecular weight excluding hydrogens is 306 g/mol. The minimum Gasteiger partial charge on any atom is -0.412 e. The minimum atomic E-state index is -0.724. The molecule has 0 aliphatic heterocycles. The van der Waals surface area contributed by atoms with Crippen LogP contribution in [0.25, 0.3) is 0 Å². The highest BCUT2D eigenvalue weighted by atomic mass is 17.0. The Morgan fingerprint density at radius 1 is 0.636 bits per heavy atom. The second kappa shape index (κ2) is 12.5. The van der Waals surface area contributed by atoms with Crippen molar-refractivity contribution in [1.82, 2.24) is 16.6 Å². The number of rotatable bonds is 7. The predicted octanol–water partition coefficient (Wildman–Crippen LogP) is -1.16. The zero-order valence-corrected chi connectivity index (χ0v) is 12.8. The van der Waals surface area contributed by atoms with Gasteiger partial charge in [-0.15, -0.1) is 0 Å². The number of hydrogen-bond donors (Lipinski definition) is 1. The number of hydroxylamine groups is 4. The average Bonchev–Trinajstić information content (AvgIpc) is 2.22. The second-order valence-corrected chi connectivity index (χ2v) is 3.44. The van der Waals surface area contributed by atoms with Crippen LogP contribution in [-0.2, 0) is 38.5 Å². The second-order valence-electron chi connectivity index (χ2n) is 3.44. The molecule has 0 unspecified atom stereocenters. The van der Waals surface area contributed by atoms with E-state index in [1.165, 1.54) is 0 Å². The monoisotopic (exact) mass is 327 g/mol. The SMILES string of the molecule is CC(=O)ON(CCN(OC(C)=O)OC(C)=O)OC(C)=O.N.O. The van der Waals surface area contributed by atoms with Crippen LogP contribution >= 0.6 is 0 Å². The molecule has 0 aromatic carbocycles. The van der Waals surface area contributed by atoms with Crippen LogP contribution in [0.1, 0.15) is 27.7 Å². The smallest absolute Gasteiger partial charge is 0.326 e. The minimum absolute atomic E-state index is 0. The Labute approximate surface area is 126 Å². The summed E-state index contributed by atoms with van der Waals surface area (Å²) >= 11 is 0. The Morgan fingerprint density at radius 2 is 0.818 bits per heavy atom. The van der Waals surface area contributed by atoms with Gasteiger partial charge in [-0.3, -0.25) is 19.2 Å². The zero-order chi connectivity index (χ0) is 15.7. The number of nitrogens with zero attached hydrogens (tertiary/aromatic N) is 2. The summed E-state index contributed by atoms with van der Waals surface area (Å²) < 4.78 is 0. The van der Waals surface area contributed by atoms with Gasteiger partial charge in [-0.1, -0.05) is 0 Å². The van der Waals surface area contributed by atoms with Gasteiger partial charge >= 0.3 is 23.9 Å². The number of carbonyl (C=O) groups excluding carboxylic acids is 4. The fourth-order valence-electron chi connectivity index (χ4n) is 0.957. The van der Waals surface area contributed by atoms with Crippen LogP contribution in [0.4, 0.5) is 0 Å². The maximum atomic E-state index is 10.8. The van der Waals surface area contributed by atoms with Gasteiger partial charge in [0, 0.05) is 38.1 Å². The Hall–Kier alpha value is -2.28. The Bertz CT molecular complexity index is 320. The summed E-state index contributed by atoms with van der Waals surface area (Å²) in [4.78, 5) is 61.4.